The van der Waals surface area contributed by atoms with Gasteiger partial charge in [-0.05, 0) is 0 Å². The quantitative estimate of drug-likeness (QED) is 0.259. The Morgan fingerprint density at radius 2 is 1.18 bits per heavy atom. The first kappa shape index (κ1) is 10.8. The maximum Gasteiger partial charge on any atom is 0.125 e. The van der Waals surface area contributed by atoms with Crippen molar-refractivity contribution in [2.24, 2.45) is 0 Å². The van der Waals surface area contributed by atoms with Crippen LogP contribution in [-0.2, 0) is 0 Å². The molecular formula is C7H24N4+4. The average molecular weight is 164 g/mol. The van der Waals surface area contributed by atoms with E-state index in [2.05, 4.69) is 22.1 Å². The van der Waals surface area contributed by atoms with Crippen molar-refractivity contribution in [3.05, 3.63) is 0 Å². The van der Waals surface area contributed by atoms with Gasteiger partial charge in [0, 0.05) is 6.42 Å². The van der Waals surface area contributed by atoms with Gasteiger partial charge in [0.05, 0.1) is 13.1 Å². The molecule has 0 heterocycles. The molecule has 0 fully saturated rings. The number of nitrogens with two attached hydrogens (primary N) is 2. The molecule has 0 aromatic rings. The summed E-state index contributed by atoms with van der Waals surface area (Å²) in [4.78, 5) is 0. The number of hydrogen-bond donors (Lipinski definition) is 4. The Morgan fingerprint density at radius 1 is 0.727 bits per heavy atom. The lowest BCUT2D eigenvalue weighted by Crippen LogP contribution is -2.91. The second-order valence-corrected chi connectivity index (χ2v) is 2.79. The maximum absolute atomic E-state index is 3.79. The van der Waals surface area contributed by atoms with E-state index in [1.807, 2.05) is 0 Å². The van der Waals surface area contributed by atoms with E-state index in [-0.39, 0.29) is 0 Å². The molecule has 0 bridgehead atoms. The molecule has 0 atom stereocenters. The highest BCUT2D eigenvalue weighted by Gasteiger charge is 1.92. The van der Waals surface area contributed by atoms with Crippen molar-refractivity contribution in [2.75, 3.05) is 39.3 Å². The van der Waals surface area contributed by atoms with Gasteiger partial charge in [0.2, 0.25) is 0 Å². The number of hydrogen-bond acceptors (Lipinski definition) is 0. The Morgan fingerprint density at radius 3 is 1.55 bits per heavy atom. The molecule has 0 rings (SSSR count). The molecule has 0 unspecified atom stereocenters. The largest absolute Gasteiger partial charge is 0.353 e. The highest BCUT2D eigenvalue weighted by Crippen LogP contribution is 1.58. The summed E-state index contributed by atoms with van der Waals surface area (Å²) < 4.78 is 0. The van der Waals surface area contributed by atoms with Gasteiger partial charge < -0.3 is 22.1 Å². The van der Waals surface area contributed by atoms with Crippen molar-refractivity contribution in [1.82, 2.24) is 0 Å². The second-order valence-electron chi connectivity index (χ2n) is 2.79. The van der Waals surface area contributed by atoms with Crippen molar-refractivity contribution in [3.63, 3.8) is 0 Å². The molecule has 0 radical (unpaired) electrons. The van der Waals surface area contributed by atoms with E-state index in [1.54, 1.807) is 0 Å². The van der Waals surface area contributed by atoms with Crippen LogP contribution in [0.15, 0.2) is 0 Å². The van der Waals surface area contributed by atoms with Crippen molar-refractivity contribution >= 4 is 0 Å². The Bertz CT molecular complexity index is 59.5. The molecule has 4 heteroatoms. The fraction of sp³-hybridized carbons (Fsp3) is 1.00. The maximum atomic E-state index is 3.79. The molecule has 11 heavy (non-hydrogen) atoms. The summed E-state index contributed by atoms with van der Waals surface area (Å²) in [5, 5.41) is 4.68. The normalized spacial score (nSPS) is 10.4. The summed E-state index contributed by atoms with van der Waals surface area (Å²) in [5.74, 6) is 0. The van der Waals surface area contributed by atoms with E-state index in [0.717, 1.165) is 13.1 Å². The molecule has 10 N–H and O–H groups in total. The number of quaternary nitrogens is 4. The van der Waals surface area contributed by atoms with Crippen molar-refractivity contribution in [2.45, 2.75) is 6.42 Å². The molecule has 4 nitrogen and oxygen atoms in total. The summed E-state index contributed by atoms with van der Waals surface area (Å²) in [5.41, 5.74) is 7.57. The first-order valence-electron chi connectivity index (χ1n) is 4.63. The minimum atomic E-state index is 1.04. The summed E-state index contributed by atoms with van der Waals surface area (Å²) in [6, 6.07) is 0. The zero-order valence-electron chi connectivity index (χ0n) is 7.52. The van der Waals surface area contributed by atoms with Gasteiger partial charge in [-0.25, -0.2) is 0 Å². The predicted octanol–water partition coefficient (Wildman–Crippen LogP) is -5.01. The standard InChI is InChI=1S/C7H20N4/c8-2-6-10-4-1-5-11-7-3-9/h10-11H,1-9H2/p+4. The summed E-state index contributed by atoms with van der Waals surface area (Å²) >= 11 is 0. The zero-order valence-corrected chi connectivity index (χ0v) is 7.52. The SMILES string of the molecule is [NH3+]CC[NH2+]CCC[NH2+]CC[NH3+]. The van der Waals surface area contributed by atoms with Crippen molar-refractivity contribution < 1.29 is 22.1 Å². The van der Waals surface area contributed by atoms with Crippen LogP contribution in [0.25, 0.3) is 0 Å². The Labute approximate surface area is 68.7 Å². The van der Waals surface area contributed by atoms with Gasteiger partial charge in [-0.3, -0.25) is 0 Å². The van der Waals surface area contributed by atoms with Crippen molar-refractivity contribution in [1.29, 1.82) is 0 Å². The minimum Gasteiger partial charge on any atom is -0.353 e. The van der Waals surface area contributed by atoms with Gasteiger partial charge in [0.1, 0.15) is 26.2 Å². The molecule has 0 spiro atoms. The zero-order chi connectivity index (χ0) is 8.36. The topological polar surface area (TPSA) is 88.5 Å². The molecule has 0 saturated carbocycles. The fourth-order valence-electron chi connectivity index (χ4n) is 0.984. The molecule has 0 aliphatic carbocycles. The summed E-state index contributed by atoms with van der Waals surface area (Å²) in [7, 11) is 0. The van der Waals surface area contributed by atoms with E-state index in [0.29, 0.717) is 0 Å². The number of rotatable bonds is 8. The van der Waals surface area contributed by atoms with Crippen LogP contribution in [0.1, 0.15) is 6.42 Å². The van der Waals surface area contributed by atoms with E-state index in [9.17, 15) is 0 Å². The molecule has 0 aromatic carbocycles. The first-order chi connectivity index (χ1) is 5.41. The third kappa shape index (κ3) is 9.84. The van der Waals surface area contributed by atoms with Crippen LogP contribution >= 0.6 is 0 Å². The molecule has 0 saturated heterocycles. The van der Waals surface area contributed by atoms with Crippen LogP contribution in [0.5, 0.6) is 0 Å². The van der Waals surface area contributed by atoms with Gasteiger partial charge in [-0.1, -0.05) is 0 Å². The minimum absolute atomic E-state index is 1.04. The van der Waals surface area contributed by atoms with Crippen LogP contribution in [0.3, 0.4) is 0 Å². The van der Waals surface area contributed by atoms with Gasteiger partial charge >= 0.3 is 0 Å². The highest BCUT2D eigenvalue weighted by molar-refractivity contribution is 4.26. The van der Waals surface area contributed by atoms with Crippen molar-refractivity contribution in [3.8, 4) is 0 Å². The van der Waals surface area contributed by atoms with Crippen LogP contribution in [-0.4, -0.2) is 39.3 Å². The molecule has 0 aliphatic heterocycles. The lowest BCUT2D eigenvalue weighted by molar-refractivity contribution is -0.693. The van der Waals surface area contributed by atoms with E-state index >= 15 is 0 Å². The highest BCUT2D eigenvalue weighted by atomic mass is 14.9. The first-order valence-corrected chi connectivity index (χ1v) is 4.63. The van der Waals surface area contributed by atoms with E-state index in [1.165, 1.54) is 32.6 Å². The monoisotopic (exact) mass is 164 g/mol. The third-order valence-corrected chi connectivity index (χ3v) is 1.63. The van der Waals surface area contributed by atoms with Crippen LogP contribution in [0.2, 0.25) is 0 Å². The summed E-state index contributed by atoms with van der Waals surface area (Å²) in [6.45, 7) is 6.95. The lowest BCUT2D eigenvalue weighted by Gasteiger charge is -1.98. The van der Waals surface area contributed by atoms with E-state index < -0.39 is 0 Å². The van der Waals surface area contributed by atoms with Gasteiger partial charge in [-0.2, -0.15) is 0 Å². The Balaban J connectivity index is 2.69. The van der Waals surface area contributed by atoms with Gasteiger partial charge in [0.25, 0.3) is 0 Å². The van der Waals surface area contributed by atoms with Crippen LogP contribution in [0.4, 0.5) is 0 Å². The van der Waals surface area contributed by atoms with E-state index in [4.69, 9.17) is 0 Å². The molecule has 0 amide bonds. The van der Waals surface area contributed by atoms with Gasteiger partial charge in [-0.15, -0.1) is 0 Å². The molecule has 0 aliphatic rings. The average Bonchev–Trinajstić information content (AvgIpc) is 2.03. The predicted molar refractivity (Wildman–Crippen MR) is 43.4 cm³/mol. The fourth-order valence-corrected chi connectivity index (χ4v) is 0.984. The lowest BCUT2D eigenvalue weighted by atomic mass is 10.4. The molecule has 0 aromatic heterocycles. The molecule has 68 valence electrons. The molecular weight excluding hydrogens is 140 g/mol. The smallest absolute Gasteiger partial charge is 0.125 e. The van der Waals surface area contributed by atoms with Crippen LogP contribution < -0.4 is 22.1 Å². The Hall–Kier alpha value is -0.160. The van der Waals surface area contributed by atoms with Crippen LogP contribution in [0, 0.1) is 0 Å². The third-order valence-electron chi connectivity index (χ3n) is 1.63. The second kappa shape index (κ2) is 9.84. The summed E-state index contributed by atoms with van der Waals surface area (Å²) in [6.07, 6.45) is 1.31. The van der Waals surface area contributed by atoms with Gasteiger partial charge in [0.15, 0.2) is 0 Å². The Kier molecular flexibility index (Phi) is 9.70.